The monoisotopic (exact) mass is 388 g/mol. The molecule has 0 fully saturated rings. The normalized spacial score (nSPS) is 15.2. The topological polar surface area (TPSA) is 52.6 Å². The van der Waals surface area contributed by atoms with E-state index in [-0.39, 0.29) is 5.41 Å². The second-order valence-corrected chi connectivity index (χ2v) is 7.25. The zero-order valence-electron chi connectivity index (χ0n) is 15.6. The molecule has 9 heteroatoms. The van der Waals surface area contributed by atoms with Crippen LogP contribution in [0.4, 0.5) is 22.0 Å². The van der Waals surface area contributed by atoms with Crippen LogP contribution in [-0.4, -0.2) is 37.3 Å². The summed E-state index contributed by atoms with van der Waals surface area (Å²) in [6.45, 7) is 9.47. The third-order valence-electron chi connectivity index (χ3n) is 4.33. The van der Waals surface area contributed by atoms with Gasteiger partial charge in [0.2, 0.25) is 0 Å². The number of carbonyl (C=O) groups is 2. The van der Waals surface area contributed by atoms with Crippen LogP contribution in [0.2, 0.25) is 0 Å². The third-order valence-corrected chi connectivity index (χ3v) is 4.33. The number of rotatable bonds is 9. The Hall–Kier alpha value is -1.67. The molecular weight excluding hydrogens is 363 g/mol. The Morgan fingerprint density at radius 2 is 1.50 bits per heavy atom. The summed E-state index contributed by atoms with van der Waals surface area (Å²) in [5.74, 6) is -7.50. The highest BCUT2D eigenvalue weighted by Gasteiger charge is 2.58. The lowest BCUT2D eigenvalue weighted by atomic mass is 9.69. The summed E-state index contributed by atoms with van der Waals surface area (Å²) in [7, 11) is 0. The average Bonchev–Trinajstić information content (AvgIpc) is 2.48. The van der Waals surface area contributed by atoms with E-state index in [0.717, 1.165) is 6.42 Å². The molecule has 26 heavy (non-hydrogen) atoms. The minimum absolute atomic E-state index is 0.248. The maximum absolute atomic E-state index is 12.7. The predicted molar refractivity (Wildman–Crippen MR) is 84.5 cm³/mol. The van der Waals surface area contributed by atoms with Crippen LogP contribution in [0.5, 0.6) is 0 Å². The molecule has 0 aromatic heterocycles. The molecule has 0 spiro atoms. The molecule has 0 radical (unpaired) electrons. The first-order chi connectivity index (χ1) is 11.5. The fraction of sp³-hybridized carbons (Fsp3) is 0.765. The lowest BCUT2D eigenvalue weighted by molar-refractivity contribution is -0.294. The van der Waals surface area contributed by atoms with E-state index in [2.05, 4.69) is 11.3 Å². The molecule has 152 valence electrons. The minimum Gasteiger partial charge on any atom is -0.456 e. The van der Waals surface area contributed by atoms with Gasteiger partial charge in [-0.25, -0.2) is 4.79 Å². The first-order valence-corrected chi connectivity index (χ1v) is 7.92. The summed E-state index contributed by atoms with van der Waals surface area (Å²) in [5.41, 5.74) is -0.918. The van der Waals surface area contributed by atoms with E-state index in [1.165, 1.54) is 0 Å². The Morgan fingerprint density at radius 3 is 1.88 bits per heavy atom. The van der Waals surface area contributed by atoms with Crippen molar-refractivity contribution in [3.63, 3.8) is 0 Å². The van der Waals surface area contributed by atoms with Gasteiger partial charge >= 0.3 is 24.0 Å². The number of alkyl halides is 5. The van der Waals surface area contributed by atoms with Crippen LogP contribution in [-0.2, 0) is 19.1 Å². The first-order valence-electron chi connectivity index (χ1n) is 7.92. The van der Waals surface area contributed by atoms with Gasteiger partial charge in [-0.2, -0.15) is 22.0 Å². The van der Waals surface area contributed by atoms with Gasteiger partial charge in [0.25, 0.3) is 0 Å². The molecule has 0 aromatic rings. The second-order valence-electron chi connectivity index (χ2n) is 7.25. The fourth-order valence-corrected chi connectivity index (χ4v) is 2.06. The lowest BCUT2D eigenvalue weighted by Gasteiger charge is -2.35. The molecule has 1 atom stereocenters. The number of ether oxygens (including phenoxy) is 2. The van der Waals surface area contributed by atoms with Crippen LogP contribution >= 0.6 is 0 Å². The smallest absolute Gasteiger partial charge is 0.456 e. The van der Waals surface area contributed by atoms with Crippen LogP contribution in [0.1, 0.15) is 47.5 Å². The van der Waals surface area contributed by atoms with Crippen molar-refractivity contribution in [3.8, 4) is 0 Å². The largest absolute Gasteiger partial charge is 0.456 e. The highest BCUT2D eigenvalue weighted by molar-refractivity contribution is 5.82. The van der Waals surface area contributed by atoms with Crippen molar-refractivity contribution in [3.05, 3.63) is 12.2 Å². The van der Waals surface area contributed by atoms with Gasteiger partial charge < -0.3 is 9.47 Å². The zero-order chi connectivity index (χ0) is 21.0. The van der Waals surface area contributed by atoms with Crippen molar-refractivity contribution in [2.75, 3.05) is 13.2 Å². The predicted octanol–water partition coefficient (Wildman–Crippen LogP) is 4.68. The maximum atomic E-state index is 12.7. The van der Waals surface area contributed by atoms with Gasteiger partial charge in [0.1, 0.15) is 0 Å². The first kappa shape index (κ1) is 24.3. The van der Waals surface area contributed by atoms with Crippen LogP contribution < -0.4 is 0 Å². The number of esters is 2. The van der Waals surface area contributed by atoms with Crippen molar-refractivity contribution in [2.45, 2.75) is 59.6 Å². The molecule has 0 aromatic carbocycles. The zero-order valence-corrected chi connectivity index (χ0v) is 15.6. The van der Waals surface area contributed by atoms with Crippen molar-refractivity contribution in [2.24, 2.45) is 10.8 Å². The quantitative estimate of drug-likeness (QED) is 0.327. The van der Waals surface area contributed by atoms with Crippen LogP contribution in [0.25, 0.3) is 0 Å². The van der Waals surface area contributed by atoms with Gasteiger partial charge in [-0.3, -0.25) is 4.79 Å². The number of halogens is 5. The standard InChI is InChI=1S/C17H25F5O4/c1-7-14(4,5)9-15(6,11(2)3)13(24)25-8-12(23)26-10-16(18,19)17(20,21)22/h2,7-10H2,1,3-6H3. The Balaban J connectivity index is 4.84. The van der Waals surface area contributed by atoms with Gasteiger partial charge in [-0.05, 0) is 25.7 Å². The Labute approximate surface area is 149 Å². The van der Waals surface area contributed by atoms with Crippen LogP contribution in [0.3, 0.4) is 0 Å². The Kier molecular flexibility index (Phi) is 7.81. The van der Waals surface area contributed by atoms with Crippen molar-refractivity contribution < 1.29 is 41.0 Å². The van der Waals surface area contributed by atoms with E-state index >= 15 is 0 Å². The third kappa shape index (κ3) is 6.57. The van der Waals surface area contributed by atoms with E-state index in [0.29, 0.717) is 12.0 Å². The number of carbonyl (C=O) groups excluding carboxylic acids is 2. The minimum atomic E-state index is -5.84. The summed E-state index contributed by atoms with van der Waals surface area (Å²) in [6.07, 6.45) is -4.74. The highest BCUT2D eigenvalue weighted by atomic mass is 19.4. The molecule has 4 nitrogen and oxygen atoms in total. The molecule has 0 aliphatic carbocycles. The molecule has 0 heterocycles. The lowest BCUT2D eigenvalue weighted by Crippen LogP contribution is -2.42. The fourth-order valence-electron chi connectivity index (χ4n) is 2.06. The van der Waals surface area contributed by atoms with Crippen molar-refractivity contribution >= 4 is 11.9 Å². The molecule has 0 N–H and O–H groups in total. The van der Waals surface area contributed by atoms with Crippen molar-refractivity contribution in [1.29, 1.82) is 0 Å². The summed E-state index contributed by atoms with van der Waals surface area (Å²) in [5, 5.41) is 0. The molecular formula is C17H25F5O4. The Bertz CT molecular complexity index is 540. The van der Waals surface area contributed by atoms with E-state index in [1.54, 1.807) is 13.8 Å². The number of hydrogen-bond acceptors (Lipinski definition) is 4. The highest BCUT2D eigenvalue weighted by Crippen LogP contribution is 2.41. The van der Waals surface area contributed by atoms with E-state index < -0.39 is 42.7 Å². The van der Waals surface area contributed by atoms with Crippen LogP contribution in [0.15, 0.2) is 12.2 Å². The molecule has 0 aliphatic rings. The van der Waals surface area contributed by atoms with E-state index in [4.69, 9.17) is 4.74 Å². The van der Waals surface area contributed by atoms with Crippen LogP contribution in [0, 0.1) is 10.8 Å². The van der Waals surface area contributed by atoms with Gasteiger partial charge in [-0.1, -0.05) is 39.3 Å². The average molecular weight is 388 g/mol. The van der Waals surface area contributed by atoms with E-state index in [9.17, 15) is 31.5 Å². The van der Waals surface area contributed by atoms with Gasteiger partial charge in [-0.15, -0.1) is 0 Å². The summed E-state index contributed by atoms with van der Waals surface area (Å²) >= 11 is 0. The second kappa shape index (κ2) is 8.35. The van der Waals surface area contributed by atoms with Gasteiger partial charge in [0.05, 0.1) is 5.41 Å². The summed E-state index contributed by atoms with van der Waals surface area (Å²) in [4.78, 5) is 23.7. The summed E-state index contributed by atoms with van der Waals surface area (Å²) < 4.78 is 70.0. The molecule has 0 amide bonds. The van der Waals surface area contributed by atoms with Gasteiger partial charge in [0.15, 0.2) is 13.2 Å². The molecule has 0 bridgehead atoms. The molecule has 0 aliphatic heterocycles. The van der Waals surface area contributed by atoms with Crippen molar-refractivity contribution in [1.82, 2.24) is 0 Å². The maximum Gasteiger partial charge on any atom is 0.456 e. The molecule has 0 rings (SSSR count). The molecule has 0 saturated carbocycles. The van der Waals surface area contributed by atoms with E-state index in [1.807, 2.05) is 20.8 Å². The number of hydrogen-bond donors (Lipinski definition) is 0. The van der Waals surface area contributed by atoms with Gasteiger partial charge in [0, 0.05) is 0 Å². The Morgan fingerprint density at radius 1 is 1.00 bits per heavy atom. The molecule has 0 saturated heterocycles. The summed E-state index contributed by atoms with van der Waals surface area (Å²) in [6, 6.07) is 0. The molecule has 1 unspecified atom stereocenters. The SMILES string of the molecule is C=C(C)C(C)(CC(C)(C)CC)C(=O)OCC(=O)OCC(F)(F)C(F)(F)F.